The zero-order valence-corrected chi connectivity index (χ0v) is 26.4. The molecule has 0 saturated carbocycles. The van der Waals surface area contributed by atoms with Crippen molar-refractivity contribution in [2.45, 2.75) is 34.1 Å². The molecule has 0 bridgehead atoms. The Morgan fingerprint density at radius 2 is 1.73 bits per heavy atom. The van der Waals surface area contributed by atoms with Crippen molar-refractivity contribution in [2.24, 2.45) is 5.41 Å². The van der Waals surface area contributed by atoms with Crippen LogP contribution in [0.3, 0.4) is 0 Å². The van der Waals surface area contributed by atoms with Gasteiger partial charge in [-0.25, -0.2) is 4.98 Å². The maximum Gasteiger partial charge on any atom is 0.216 e. The molecule has 0 saturated heterocycles. The summed E-state index contributed by atoms with van der Waals surface area (Å²) in [4.78, 5) is 13.4. The van der Waals surface area contributed by atoms with Crippen molar-refractivity contribution in [3.05, 3.63) is 114 Å². The summed E-state index contributed by atoms with van der Waals surface area (Å²) in [6.45, 7) is 7.72. The first kappa shape index (κ1) is 26.2. The summed E-state index contributed by atoms with van der Waals surface area (Å²) in [6, 6.07) is 29.9. The number of fused-ring (bicyclic) bond motifs is 4. The Labute approximate surface area is 260 Å². The largest absolute Gasteiger partial charge is 0.486 e. The maximum absolute atomic E-state index is 8.74. The average Bonchev–Trinajstić information content (AvgIpc) is 3.59. The summed E-state index contributed by atoms with van der Waals surface area (Å²) in [7, 11) is 0. The molecule has 4 nitrogen and oxygen atoms in total. The van der Waals surface area contributed by atoms with Gasteiger partial charge in [0.1, 0.15) is 0 Å². The van der Waals surface area contributed by atoms with Crippen molar-refractivity contribution in [3.8, 4) is 22.5 Å². The summed E-state index contributed by atoms with van der Waals surface area (Å²) < 4.78 is 24.6. The van der Waals surface area contributed by atoms with E-state index in [9.17, 15) is 0 Å². The fraction of sp³-hybridized carbons (Fsp3) is 0.171. The molecule has 0 fully saturated rings. The van der Waals surface area contributed by atoms with Gasteiger partial charge in [-0.15, -0.1) is 54.1 Å². The minimum absolute atomic E-state index is 0. The quantitative estimate of drug-likeness (QED) is 0.170. The van der Waals surface area contributed by atoms with Gasteiger partial charge in [-0.1, -0.05) is 43.9 Å². The molecule has 0 N–H and O–H groups in total. The molecule has 5 heterocycles. The first-order valence-electron chi connectivity index (χ1n) is 14.1. The van der Waals surface area contributed by atoms with E-state index in [2.05, 4.69) is 27.1 Å². The van der Waals surface area contributed by atoms with E-state index < -0.39 is 11.8 Å². The number of thiophene rings is 1. The minimum Gasteiger partial charge on any atom is -0.486 e. The second-order valence-corrected chi connectivity index (χ2v) is 11.4. The minimum atomic E-state index is -1.47. The number of aromatic nitrogens is 3. The van der Waals surface area contributed by atoms with Gasteiger partial charge in [-0.2, -0.15) is 11.3 Å². The summed E-state index contributed by atoms with van der Waals surface area (Å²) in [5, 5.41) is 4.76. The molecule has 0 aliphatic heterocycles. The number of rotatable bonds is 3. The normalized spacial score (nSPS) is 12.4. The van der Waals surface area contributed by atoms with Crippen LogP contribution in [0.2, 0.25) is 0 Å². The van der Waals surface area contributed by atoms with Gasteiger partial charge in [0.15, 0.2) is 0 Å². The Morgan fingerprint density at radius 3 is 2.49 bits per heavy atom. The monoisotopic (exact) mass is 734 g/mol. The van der Waals surface area contributed by atoms with Gasteiger partial charge in [0.05, 0.1) is 5.58 Å². The van der Waals surface area contributed by atoms with E-state index in [-0.39, 0.29) is 20.1 Å². The van der Waals surface area contributed by atoms with Crippen LogP contribution < -0.4 is 0 Å². The Balaban J connectivity index is 0.000000238. The summed E-state index contributed by atoms with van der Waals surface area (Å²) >= 11 is 1.52. The Hall–Kier alpha value is -3.70. The second-order valence-electron chi connectivity index (χ2n) is 10.6. The molecule has 0 unspecified atom stereocenters. The third kappa shape index (κ3) is 6.15. The van der Waals surface area contributed by atoms with E-state index in [4.69, 9.17) is 7.16 Å². The first-order valence-corrected chi connectivity index (χ1v) is 14.0. The van der Waals surface area contributed by atoms with E-state index in [0.717, 1.165) is 49.1 Å². The van der Waals surface area contributed by atoms with Gasteiger partial charge in [-0.3, -0.25) is 0 Å². The molecule has 1 radical (unpaired) electrons. The van der Waals surface area contributed by atoms with Crippen molar-refractivity contribution in [3.63, 3.8) is 0 Å². The fourth-order valence-electron chi connectivity index (χ4n) is 4.61. The van der Waals surface area contributed by atoms with Crippen molar-refractivity contribution >= 4 is 43.5 Å². The third-order valence-electron chi connectivity index (χ3n) is 6.32. The molecule has 207 valence electrons. The molecular weight excluding hydrogens is 703 g/mol. The Kier molecular flexibility index (Phi) is 7.70. The van der Waals surface area contributed by atoms with Crippen molar-refractivity contribution < 1.29 is 27.3 Å². The van der Waals surface area contributed by atoms with Crippen molar-refractivity contribution in [1.82, 2.24) is 15.0 Å². The van der Waals surface area contributed by atoms with Gasteiger partial charge < -0.3 is 14.4 Å². The number of pyridine rings is 3. The molecular formula is C35H29IrN3OS-2. The predicted octanol–water partition coefficient (Wildman–Crippen LogP) is 9.50. The molecule has 7 rings (SSSR count). The van der Waals surface area contributed by atoms with Crippen LogP contribution in [0.15, 0.2) is 95.0 Å². The Bertz CT molecular complexity index is 1980. The van der Waals surface area contributed by atoms with E-state index in [1.54, 1.807) is 12.4 Å². The van der Waals surface area contributed by atoms with Gasteiger partial charge in [0.25, 0.3) is 0 Å². The number of hydrogen-bond donors (Lipinski definition) is 0. The zero-order chi connectivity index (χ0) is 29.5. The van der Waals surface area contributed by atoms with Crippen molar-refractivity contribution in [1.29, 1.82) is 0 Å². The smallest absolute Gasteiger partial charge is 0.216 e. The number of benzene rings is 2. The van der Waals surface area contributed by atoms with Gasteiger partial charge in [-0.05, 0) is 65.0 Å². The van der Waals surface area contributed by atoms with Crippen molar-refractivity contribution in [2.75, 3.05) is 0 Å². The van der Waals surface area contributed by atoms with E-state index in [1.807, 2.05) is 106 Å². The van der Waals surface area contributed by atoms with Crippen LogP contribution in [-0.4, -0.2) is 15.0 Å². The fourth-order valence-corrected chi connectivity index (χ4v) is 5.60. The first-order chi connectivity index (χ1) is 20.1. The number of nitrogens with zero attached hydrogens (tertiary/aromatic N) is 3. The van der Waals surface area contributed by atoms with Crippen LogP contribution in [0, 0.1) is 24.5 Å². The topological polar surface area (TPSA) is 51.8 Å². The molecule has 0 amide bonds. The molecule has 0 aliphatic carbocycles. The molecule has 0 atom stereocenters. The summed E-state index contributed by atoms with van der Waals surface area (Å²) in [5.41, 5.74) is 5.93. The van der Waals surface area contributed by atoms with Crippen LogP contribution >= 0.6 is 11.3 Å². The van der Waals surface area contributed by atoms with Crippen LogP contribution in [0.25, 0.3) is 54.7 Å². The molecule has 0 spiro atoms. The van der Waals surface area contributed by atoms with Crippen LogP contribution in [0.5, 0.6) is 0 Å². The average molecular weight is 734 g/mol. The number of aryl methyl sites for hydroxylation is 1. The third-order valence-corrected chi connectivity index (χ3v) is 7.33. The summed E-state index contributed by atoms with van der Waals surface area (Å²) in [6.07, 6.45) is 2.06. The molecule has 0 aliphatic rings. The Morgan fingerprint density at radius 1 is 0.878 bits per heavy atom. The van der Waals surface area contributed by atoms with Crippen LogP contribution in [0.4, 0.5) is 0 Å². The number of furan rings is 1. The zero-order valence-electron chi connectivity index (χ0n) is 25.2. The summed E-state index contributed by atoms with van der Waals surface area (Å²) in [5.74, 6) is 0. The molecule has 6 heteroatoms. The number of hydrogen-bond acceptors (Lipinski definition) is 5. The van der Waals surface area contributed by atoms with Crippen LogP contribution in [0.1, 0.15) is 34.8 Å². The molecule has 2 aromatic carbocycles. The standard InChI is InChI=1S/C24H21N2OS.C11H8N.Ir/c1-14-8-9-18-17-6-5-7-19(21(17)27-23(18)26-14)20-22-16(10-11-25-20)15(13-28-22)12-24(2,3)4;1-2-6-10(7-3-1)11-8-4-5-9-12-11;/h5-6,8-11,13H,12H2,1-4H3;1-6,8-9H;/q2*-1;/i12D2;;. The molecule has 5 aromatic heterocycles. The predicted molar refractivity (Wildman–Crippen MR) is 165 cm³/mol. The SMILES string of the molecule is [2H]C([2H])(c1csc2c(-c3[c-]ccc4c3oc3nc(C)ccc34)nccc12)C(C)(C)C.[Ir].[c-]1ccccc1-c1ccccn1. The van der Waals surface area contributed by atoms with Crippen LogP contribution in [-0.2, 0) is 26.5 Å². The van der Waals surface area contributed by atoms with E-state index in [0.29, 0.717) is 16.9 Å². The van der Waals surface area contributed by atoms with Gasteiger partial charge in [0.2, 0.25) is 5.71 Å². The van der Waals surface area contributed by atoms with Gasteiger partial charge in [0, 0.05) is 56.7 Å². The second kappa shape index (κ2) is 12.0. The van der Waals surface area contributed by atoms with E-state index >= 15 is 0 Å². The van der Waals surface area contributed by atoms with E-state index in [1.165, 1.54) is 11.3 Å². The van der Waals surface area contributed by atoms with Gasteiger partial charge >= 0.3 is 0 Å². The maximum atomic E-state index is 8.74. The molecule has 41 heavy (non-hydrogen) atoms. The molecule has 7 aromatic rings.